The number of benzene rings is 4. The summed E-state index contributed by atoms with van der Waals surface area (Å²) in [6, 6.07) is 34.0. The number of ketones is 1. The standard InChI is InChI=1S/C25H18O2.CH6N4O/c26-25(20-11-5-2-6-12-20)21-15-17-22(18-16-21)27-24-14-8-7-13-23(24)19-9-3-1-4-10-19;2-4-1(6)5-3/h1-18H;2-3H2,(H2,4,5,6). The second-order valence-electron chi connectivity index (χ2n) is 6.80. The quantitative estimate of drug-likeness (QED) is 0.159. The smallest absolute Gasteiger partial charge is 0.343 e. The van der Waals surface area contributed by atoms with Crippen LogP contribution in [0.25, 0.3) is 11.1 Å². The minimum Gasteiger partial charge on any atom is -0.457 e. The molecule has 4 aromatic carbocycles. The van der Waals surface area contributed by atoms with Crippen LogP contribution in [-0.2, 0) is 0 Å². The highest BCUT2D eigenvalue weighted by Crippen LogP contribution is 2.33. The van der Waals surface area contributed by atoms with Crippen LogP contribution in [0.3, 0.4) is 0 Å². The summed E-state index contributed by atoms with van der Waals surface area (Å²) in [5, 5.41) is 0. The molecule has 166 valence electrons. The molecule has 4 rings (SSSR count). The second kappa shape index (κ2) is 11.8. The van der Waals surface area contributed by atoms with Gasteiger partial charge in [0.1, 0.15) is 11.5 Å². The molecule has 0 unspecified atom stereocenters. The van der Waals surface area contributed by atoms with E-state index in [0.717, 1.165) is 16.9 Å². The summed E-state index contributed by atoms with van der Waals surface area (Å²) >= 11 is 0. The SMILES string of the molecule is NNC(=O)NN.O=C(c1ccccc1)c1ccc(Oc2ccccc2-c2ccccc2)cc1. The zero-order chi connectivity index (χ0) is 23.5. The predicted octanol–water partition coefficient (Wildman–Crippen LogP) is 4.41. The average Bonchev–Trinajstić information content (AvgIpc) is 2.90. The summed E-state index contributed by atoms with van der Waals surface area (Å²) in [7, 11) is 0. The summed E-state index contributed by atoms with van der Waals surface area (Å²) in [4.78, 5) is 22.2. The zero-order valence-corrected chi connectivity index (χ0v) is 17.8. The summed E-state index contributed by atoms with van der Waals surface area (Å²) < 4.78 is 6.09. The molecule has 0 aliphatic heterocycles. The molecule has 7 nitrogen and oxygen atoms in total. The minimum absolute atomic E-state index is 0.00633. The van der Waals surface area contributed by atoms with Crippen molar-refractivity contribution in [3.8, 4) is 22.6 Å². The molecule has 0 fully saturated rings. The Kier molecular flexibility index (Phi) is 8.30. The number of carbonyl (C=O) groups is 2. The first-order valence-electron chi connectivity index (χ1n) is 10.1. The Morgan fingerprint density at radius 2 is 1.12 bits per heavy atom. The third-order valence-electron chi connectivity index (χ3n) is 4.61. The van der Waals surface area contributed by atoms with Gasteiger partial charge in [-0.1, -0.05) is 78.9 Å². The van der Waals surface area contributed by atoms with Crippen LogP contribution in [0.4, 0.5) is 4.79 Å². The Bertz CT molecular complexity index is 1180. The van der Waals surface area contributed by atoms with Crippen molar-refractivity contribution >= 4 is 11.8 Å². The number of carbonyl (C=O) groups excluding carboxylic acids is 2. The van der Waals surface area contributed by atoms with Gasteiger partial charge in [-0.25, -0.2) is 16.5 Å². The first-order chi connectivity index (χ1) is 16.1. The number of amides is 2. The van der Waals surface area contributed by atoms with Crippen molar-refractivity contribution in [1.29, 1.82) is 0 Å². The molecule has 0 spiro atoms. The molecule has 0 bridgehead atoms. The lowest BCUT2D eigenvalue weighted by atomic mass is 10.0. The molecule has 0 aliphatic rings. The molecule has 0 radical (unpaired) electrons. The molecular weight excluding hydrogens is 416 g/mol. The Morgan fingerprint density at radius 1 is 0.606 bits per heavy atom. The largest absolute Gasteiger partial charge is 0.457 e. The van der Waals surface area contributed by atoms with Gasteiger partial charge in [-0.15, -0.1) is 0 Å². The van der Waals surface area contributed by atoms with Crippen molar-refractivity contribution < 1.29 is 14.3 Å². The number of para-hydroxylation sites is 1. The fraction of sp³-hybridized carbons (Fsp3) is 0. The number of hydrogen-bond acceptors (Lipinski definition) is 5. The van der Waals surface area contributed by atoms with Gasteiger partial charge in [-0.3, -0.25) is 15.6 Å². The van der Waals surface area contributed by atoms with E-state index < -0.39 is 6.03 Å². The van der Waals surface area contributed by atoms with Gasteiger partial charge >= 0.3 is 6.03 Å². The molecular formula is C26H24N4O3. The number of rotatable bonds is 5. The van der Waals surface area contributed by atoms with Crippen LogP contribution in [0.2, 0.25) is 0 Å². The Hall–Kier alpha value is -4.46. The number of hydrazine groups is 2. The van der Waals surface area contributed by atoms with Gasteiger partial charge in [0.25, 0.3) is 0 Å². The summed E-state index contributed by atoms with van der Waals surface area (Å²) in [6.07, 6.45) is 0. The maximum Gasteiger partial charge on any atom is 0.343 e. The molecule has 0 saturated heterocycles. The van der Waals surface area contributed by atoms with Gasteiger partial charge in [0.05, 0.1) is 0 Å². The van der Waals surface area contributed by atoms with Crippen molar-refractivity contribution in [2.24, 2.45) is 11.7 Å². The fourth-order valence-corrected chi connectivity index (χ4v) is 3.01. The minimum atomic E-state index is -0.602. The van der Waals surface area contributed by atoms with Crippen LogP contribution in [0.5, 0.6) is 11.5 Å². The van der Waals surface area contributed by atoms with E-state index in [9.17, 15) is 9.59 Å². The number of nitrogens with one attached hydrogen (secondary N) is 2. The summed E-state index contributed by atoms with van der Waals surface area (Å²) in [5.74, 6) is 10.6. The summed E-state index contributed by atoms with van der Waals surface area (Å²) in [5.41, 5.74) is 6.93. The molecule has 7 heteroatoms. The summed E-state index contributed by atoms with van der Waals surface area (Å²) in [6.45, 7) is 0. The van der Waals surface area contributed by atoms with Gasteiger partial charge in [-0.2, -0.15) is 0 Å². The van der Waals surface area contributed by atoms with Gasteiger partial charge < -0.3 is 4.74 Å². The van der Waals surface area contributed by atoms with Crippen LogP contribution in [0, 0.1) is 0 Å². The number of urea groups is 1. The Morgan fingerprint density at radius 3 is 1.70 bits per heavy atom. The lowest BCUT2D eigenvalue weighted by Gasteiger charge is -2.11. The molecule has 0 aromatic heterocycles. The Labute approximate surface area is 191 Å². The van der Waals surface area contributed by atoms with Gasteiger partial charge in [0.15, 0.2) is 5.78 Å². The maximum absolute atomic E-state index is 12.5. The first kappa shape index (κ1) is 23.2. The highest BCUT2D eigenvalue weighted by molar-refractivity contribution is 6.09. The van der Waals surface area contributed by atoms with Crippen molar-refractivity contribution in [2.75, 3.05) is 0 Å². The van der Waals surface area contributed by atoms with Gasteiger partial charge in [0.2, 0.25) is 0 Å². The zero-order valence-electron chi connectivity index (χ0n) is 17.8. The van der Waals surface area contributed by atoms with Crippen LogP contribution in [-0.4, -0.2) is 11.8 Å². The van der Waals surface area contributed by atoms with E-state index in [4.69, 9.17) is 4.74 Å². The fourth-order valence-electron chi connectivity index (χ4n) is 3.01. The second-order valence-corrected chi connectivity index (χ2v) is 6.80. The van der Waals surface area contributed by atoms with Crippen molar-refractivity contribution in [1.82, 2.24) is 10.9 Å². The monoisotopic (exact) mass is 440 g/mol. The van der Waals surface area contributed by atoms with Crippen molar-refractivity contribution in [2.45, 2.75) is 0 Å². The third kappa shape index (κ3) is 6.51. The molecule has 2 amide bonds. The van der Waals surface area contributed by atoms with E-state index in [0.29, 0.717) is 16.9 Å². The number of ether oxygens (including phenoxy) is 1. The number of hydrogen-bond donors (Lipinski definition) is 4. The Balaban J connectivity index is 0.000000454. The van der Waals surface area contributed by atoms with Crippen LogP contribution >= 0.6 is 0 Å². The third-order valence-corrected chi connectivity index (χ3v) is 4.61. The van der Waals surface area contributed by atoms with E-state index in [1.807, 2.05) is 84.9 Å². The van der Waals surface area contributed by atoms with E-state index in [2.05, 4.69) is 23.8 Å². The van der Waals surface area contributed by atoms with E-state index in [-0.39, 0.29) is 5.78 Å². The van der Waals surface area contributed by atoms with Crippen molar-refractivity contribution in [3.63, 3.8) is 0 Å². The highest BCUT2D eigenvalue weighted by atomic mass is 16.5. The van der Waals surface area contributed by atoms with Crippen molar-refractivity contribution in [3.05, 3.63) is 120 Å². The van der Waals surface area contributed by atoms with E-state index in [1.54, 1.807) is 23.0 Å². The van der Waals surface area contributed by atoms with Crippen LogP contribution in [0.1, 0.15) is 15.9 Å². The maximum atomic E-state index is 12.5. The van der Waals surface area contributed by atoms with Gasteiger partial charge in [-0.05, 0) is 35.9 Å². The topological polar surface area (TPSA) is 119 Å². The first-order valence-corrected chi connectivity index (χ1v) is 10.1. The van der Waals surface area contributed by atoms with Gasteiger partial charge in [0, 0.05) is 16.7 Å². The average molecular weight is 441 g/mol. The number of nitrogens with two attached hydrogens (primary N) is 2. The molecule has 6 N–H and O–H groups in total. The van der Waals surface area contributed by atoms with Crippen LogP contribution in [0.15, 0.2) is 109 Å². The lowest BCUT2D eigenvalue weighted by Crippen LogP contribution is -2.43. The van der Waals surface area contributed by atoms with E-state index >= 15 is 0 Å². The molecule has 33 heavy (non-hydrogen) atoms. The molecule has 0 aliphatic carbocycles. The molecule has 0 atom stereocenters. The normalized spacial score (nSPS) is 9.76. The molecule has 0 heterocycles. The highest BCUT2D eigenvalue weighted by Gasteiger charge is 2.10. The predicted molar refractivity (Wildman–Crippen MR) is 128 cm³/mol. The van der Waals surface area contributed by atoms with Crippen LogP contribution < -0.4 is 27.3 Å². The lowest BCUT2D eigenvalue weighted by molar-refractivity contribution is 0.103. The van der Waals surface area contributed by atoms with E-state index in [1.165, 1.54) is 0 Å². The molecule has 0 saturated carbocycles. The molecule has 4 aromatic rings.